The van der Waals surface area contributed by atoms with Crippen LogP contribution >= 0.6 is 0 Å². The van der Waals surface area contributed by atoms with Crippen molar-refractivity contribution in [3.8, 4) is 28.6 Å². The first-order valence-electron chi connectivity index (χ1n) is 9.53. The molecule has 0 atom stereocenters. The molecule has 7 heteroatoms. The fourth-order valence-corrected chi connectivity index (χ4v) is 3.61. The van der Waals surface area contributed by atoms with Crippen LogP contribution in [0.5, 0.6) is 5.75 Å². The van der Waals surface area contributed by atoms with Crippen molar-refractivity contribution in [2.45, 2.75) is 0 Å². The number of nitrogens with zero attached hydrogens (tertiary/aromatic N) is 4. The molecule has 0 radical (unpaired) electrons. The number of aromatic nitrogens is 2. The number of ether oxygens (including phenoxy) is 2. The van der Waals surface area contributed by atoms with E-state index in [1.54, 1.807) is 0 Å². The molecule has 0 bridgehead atoms. The van der Waals surface area contributed by atoms with Crippen molar-refractivity contribution in [2.24, 2.45) is 0 Å². The first kappa shape index (κ1) is 17.1. The van der Waals surface area contributed by atoms with Gasteiger partial charge in [-0.25, -0.2) is 0 Å². The van der Waals surface area contributed by atoms with Gasteiger partial charge in [-0.2, -0.15) is 4.98 Å². The van der Waals surface area contributed by atoms with Crippen molar-refractivity contribution in [3.05, 3.63) is 42.5 Å². The number of likely N-dealkylation sites (N-methyl/N-ethyl adjacent to an activating group) is 1. The molecule has 0 amide bonds. The molecular formula is C21H22N4O3. The number of rotatable bonds is 3. The van der Waals surface area contributed by atoms with Gasteiger partial charge in [0.15, 0.2) is 0 Å². The molecule has 28 heavy (non-hydrogen) atoms. The zero-order valence-corrected chi connectivity index (χ0v) is 15.8. The molecule has 0 unspecified atom stereocenters. The molecule has 3 heterocycles. The predicted octanol–water partition coefficient (Wildman–Crippen LogP) is 3.07. The van der Waals surface area contributed by atoms with Crippen LogP contribution in [0, 0.1) is 0 Å². The predicted molar refractivity (Wildman–Crippen MR) is 107 cm³/mol. The smallest absolute Gasteiger partial charge is 0.258 e. The van der Waals surface area contributed by atoms with E-state index in [9.17, 15) is 0 Å². The molecule has 0 aliphatic carbocycles. The largest absolute Gasteiger partial charge is 0.490 e. The molecule has 7 nitrogen and oxygen atoms in total. The van der Waals surface area contributed by atoms with E-state index in [0.29, 0.717) is 18.3 Å². The number of hydrogen-bond donors (Lipinski definition) is 0. The van der Waals surface area contributed by atoms with Crippen molar-refractivity contribution in [1.29, 1.82) is 0 Å². The Hall–Kier alpha value is -3.06. The van der Waals surface area contributed by atoms with E-state index in [4.69, 9.17) is 14.0 Å². The summed E-state index contributed by atoms with van der Waals surface area (Å²) in [5, 5.41) is 4.20. The molecule has 2 aromatic carbocycles. The molecular weight excluding hydrogens is 356 g/mol. The summed E-state index contributed by atoms with van der Waals surface area (Å²) in [4.78, 5) is 9.11. The minimum absolute atomic E-state index is 0.492. The monoisotopic (exact) mass is 378 g/mol. The van der Waals surface area contributed by atoms with Gasteiger partial charge in [-0.1, -0.05) is 17.3 Å². The minimum atomic E-state index is 0.492. The van der Waals surface area contributed by atoms with Gasteiger partial charge in [-0.05, 0) is 30.3 Å². The topological polar surface area (TPSA) is 63.9 Å². The Morgan fingerprint density at radius 3 is 2.71 bits per heavy atom. The van der Waals surface area contributed by atoms with E-state index in [1.807, 2.05) is 30.3 Å². The Balaban J connectivity index is 1.42. The van der Waals surface area contributed by atoms with Crippen LogP contribution in [0.1, 0.15) is 0 Å². The molecule has 0 saturated carbocycles. The Morgan fingerprint density at radius 1 is 0.929 bits per heavy atom. The molecule has 0 spiro atoms. The highest BCUT2D eigenvalue weighted by Gasteiger charge is 2.18. The van der Waals surface area contributed by atoms with E-state index in [2.05, 4.69) is 39.1 Å². The highest BCUT2D eigenvalue weighted by Crippen LogP contribution is 2.35. The lowest BCUT2D eigenvalue weighted by Crippen LogP contribution is -2.36. The van der Waals surface area contributed by atoms with Gasteiger partial charge in [0.25, 0.3) is 5.89 Å². The van der Waals surface area contributed by atoms with Crippen LogP contribution in [-0.4, -0.2) is 56.6 Å². The fraction of sp³-hybridized carbons (Fsp3) is 0.333. The highest BCUT2D eigenvalue weighted by molar-refractivity contribution is 5.69. The summed E-state index contributed by atoms with van der Waals surface area (Å²) in [6, 6.07) is 14.2. The van der Waals surface area contributed by atoms with Crippen molar-refractivity contribution >= 4 is 11.4 Å². The summed E-state index contributed by atoms with van der Waals surface area (Å²) in [5.41, 5.74) is 4.02. The molecule has 1 fully saturated rings. The van der Waals surface area contributed by atoms with Gasteiger partial charge in [0.2, 0.25) is 5.82 Å². The average molecular weight is 378 g/mol. The number of fused-ring (bicyclic) bond motifs is 1. The average Bonchev–Trinajstić information content (AvgIpc) is 3.25. The maximum atomic E-state index is 5.78. The molecule has 144 valence electrons. The zero-order valence-electron chi connectivity index (χ0n) is 15.8. The molecule has 1 saturated heterocycles. The number of hydrogen-bond acceptors (Lipinski definition) is 7. The normalized spacial score (nSPS) is 16.6. The van der Waals surface area contributed by atoms with Crippen LogP contribution < -0.4 is 14.5 Å². The Bertz CT molecular complexity index is 981. The Labute approximate surface area is 163 Å². The quantitative estimate of drug-likeness (QED) is 0.694. The van der Waals surface area contributed by atoms with Gasteiger partial charge >= 0.3 is 0 Å². The standard InChI is InChI=1S/C21H22N4O3/c1-24-7-12-27-19-14-16(5-6-18(19)24)21-22-20(23-28-21)15-3-2-4-17(13-15)25-8-10-26-11-9-25/h2-6,13-14H,7-12H2,1H3. The van der Waals surface area contributed by atoms with Crippen LogP contribution in [0.25, 0.3) is 22.8 Å². The molecule has 1 aromatic heterocycles. The van der Waals surface area contributed by atoms with Crippen LogP contribution in [-0.2, 0) is 4.74 Å². The third-order valence-corrected chi connectivity index (χ3v) is 5.21. The maximum Gasteiger partial charge on any atom is 0.258 e. The lowest BCUT2D eigenvalue weighted by Gasteiger charge is -2.29. The summed E-state index contributed by atoms with van der Waals surface area (Å²) < 4.78 is 16.8. The first-order valence-corrected chi connectivity index (χ1v) is 9.53. The van der Waals surface area contributed by atoms with Crippen molar-refractivity contribution < 1.29 is 14.0 Å². The van der Waals surface area contributed by atoms with Gasteiger partial charge in [-0.15, -0.1) is 0 Å². The molecule has 5 rings (SSSR count). The van der Waals surface area contributed by atoms with Crippen LogP contribution in [0.3, 0.4) is 0 Å². The fourth-order valence-electron chi connectivity index (χ4n) is 3.61. The minimum Gasteiger partial charge on any atom is -0.490 e. The van der Waals surface area contributed by atoms with E-state index in [1.165, 1.54) is 0 Å². The second-order valence-electron chi connectivity index (χ2n) is 7.03. The number of anilines is 2. The molecule has 0 N–H and O–H groups in total. The second kappa shape index (κ2) is 7.16. The van der Waals surface area contributed by atoms with Gasteiger partial charge < -0.3 is 23.8 Å². The lowest BCUT2D eigenvalue weighted by molar-refractivity contribution is 0.122. The lowest BCUT2D eigenvalue weighted by atomic mass is 10.1. The van der Waals surface area contributed by atoms with Gasteiger partial charge in [0, 0.05) is 37.0 Å². The summed E-state index contributed by atoms with van der Waals surface area (Å²) >= 11 is 0. The zero-order chi connectivity index (χ0) is 18.9. The third kappa shape index (κ3) is 3.18. The number of morpholine rings is 1. The van der Waals surface area contributed by atoms with Crippen molar-refractivity contribution in [2.75, 3.05) is 56.3 Å². The van der Waals surface area contributed by atoms with E-state index in [-0.39, 0.29) is 0 Å². The SMILES string of the molecule is CN1CCOc2cc(-c3nc(-c4cccc(N5CCOCC5)c4)no3)ccc21. The summed E-state index contributed by atoms with van der Waals surface area (Å²) in [7, 11) is 2.06. The maximum absolute atomic E-state index is 5.78. The van der Waals surface area contributed by atoms with Crippen LogP contribution in [0.2, 0.25) is 0 Å². The molecule has 3 aromatic rings. The van der Waals surface area contributed by atoms with Gasteiger partial charge in [-0.3, -0.25) is 0 Å². The summed E-state index contributed by atoms with van der Waals surface area (Å²) in [6.07, 6.45) is 0. The molecule has 2 aliphatic heterocycles. The van der Waals surface area contributed by atoms with Gasteiger partial charge in [0.05, 0.1) is 25.4 Å². The second-order valence-corrected chi connectivity index (χ2v) is 7.03. The van der Waals surface area contributed by atoms with Gasteiger partial charge in [0.1, 0.15) is 12.4 Å². The van der Waals surface area contributed by atoms with Crippen molar-refractivity contribution in [3.63, 3.8) is 0 Å². The highest BCUT2D eigenvalue weighted by atomic mass is 16.5. The summed E-state index contributed by atoms with van der Waals surface area (Å²) in [6.45, 7) is 4.86. The number of benzene rings is 2. The van der Waals surface area contributed by atoms with Crippen molar-refractivity contribution in [1.82, 2.24) is 10.1 Å². The Kier molecular flexibility index (Phi) is 4.37. The first-order chi connectivity index (χ1) is 13.8. The van der Waals surface area contributed by atoms with E-state index in [0.717, 1.165) is 61.1 Å². The van der Waals surface area contributed by atoms with E-state index < -0.39 is 0 Å². The Morgan fingerprint density at radius 2 is 1.82 bits per heavy atom. The summed E-state index contributed by atoms with van der Waals surface area (Å²) in [5.74, 6) is 1.92. The molecule has 2 aliphatic rings. The third-order valence-electron chi connectivity index (χ3n) is 5.21. The van der Waals surface area contributed by atoms with Crippen LogP contribution in [0.4, 0.5) is 11.4 Å². The van der Waals surface area contributed by atoms with Crippen LogP contribution in [0.15, 0.2) is 47.0 Å². The van der Waals surface area contributed by atoms with E-state index >= 15 is 0 Å².